The molecule has 0 aliphatic heterocycles. The van der Waals surface area contributed by atoms with Gasteiger partial charge in [0.2, 0.25) is 5.82 Å². The van der Waals surface area contributed by atoms with Crippen LogP contribution < -0.4 is 0 Å². The van der Waals surface area contributed by atoms with E-state index >= 15 is 0 Å². The minimum atomic E-state index is -0.602. The lowest BCUT2D eigenvalue weighted by molar-refractivity contribution is -0.128. The van der Waals surface area contributed by atoms with Gasteiger partial charge in [-0.3, -0.25) is 9.48 Å². The van der Waals surface area contributed by atoms with Crippen molar-refractivity contribution < 1.29 is 4.79 Å². The molecule has 2 aromatic heterocycles. The number of tetrazole rings is 1. The molecule has 0 saturated heterocycles. The van der Waals surface area contributed by atoms with Crippen molar-refractivity contribution in [1.82, 2.24) is 30.0 Å². The third-order valence-corrected chi connectivity index (χ3v) is 6.05. The number of carbonyl (C=O) groups excluding carboxylic acids is 1. The van der Waals surface area contributed by atoms with Crippen molar-refractivity contribution in [3.05, 3.63) is 22.9 Å². The zero-order valence-electron chi connectivity index (χ0n) is 15.6. The highest BCUT2D eigenvalue weighted by Crippen LogP contribution is 2.55. The zero-order chi connectivity index (χ0) is 18.9. The molecule has 2 atom stereocenters. The molecule has 8 nitrogen and oxygen atoms in total. The molecule has 8 heteroatoms. The molecule has 26 heavy (non-hydrogen) atoms. The standard InChI is InChI=1S/C18H21N7O/c1-17(2)12-7-6-11-13(16-20-23-25(5)22-16)24(4)21-14(11)18(12,3)8-10(9-19)15(17)26/h8,12H,6-7H2,1-5H3. The molecule has 0 spiro atoms. The number of fused-ring (bicyclic) bond motifs is 3. The van der Waals surface area contributed by atoms with Crippen LogP contribution in [0.25, 0.3) is 11.5 Å². The fourth-order valence-electron chi connectivity index (χ4n) is 4.88. The fourth-order valence-corrected chi connectivity index (χ4v) is 4.88. The van der Waals surface area contributed by atoms with Gasteiger partial charge in [-0.1, -0.05) is 26.8 Å². The normalized spacial score (nSPS) is 26.7. The maximum Gasteiger partial charge on any atom is 0.223 e. The minimum absolute atomic E-state index is 0.0716. The molecule has 0 fully saturated rings. The number of rotatable bonds is 1. The highest BCUT2D eigenvalue weighted by Gasteiger charge is 2.55. The van der Waals surface area contributed by atoms with Crippen LogP contribution in [-0.4, -0.2) is 35.8 Å². The van der Waals surface area contributed by atoms with Crippen LogP contribution in [0.15, 0.2) is 11.6 Å². The topological polar surface area (TPSA) is 102 Å². The van der Waals surface area contributed by atoms with Crippen LogP contribution in [0.4, 0.5) is 0 Å². The van der Waals surface area contributed by atoms with Gasteiger partial charge in [-0.15, -0.1) is 10.2 Å². The maximum absolute atomic E-state index is 12.7. The Morgan fingerprint density at radius 1 is 1.27 bits per heavy atom. The van der Waals surface area contributed by atoms with Crippen LogP contribution in [0, 0.1) is 22.7 Å². The second-order valence-electron chi connectivity index (χ2n) is 8.00. The van der Waals surface area contributed by atoms with E-state index in [0.717, 1.165) is 29.8 Å². The second kappa shape index (κ2) is 5.10. The molecule has 4 rings (SSSR count). The van der Waals surface area contributed by atoms with Gasteiger partial charge < -0.3 is 0 Å². The monoisotopic (exact) mass is 351 g/mol. The number of aromatic nitrogens is 6. The number of aryl methyl sites for hydroxylation is 2. The van der Waals surface area contributed by atoms with Crippen molar-refractivity contribution in [1.29, 1.82) is 5.26 Å². The lowest BCUT2D eigenvalue weighted by atomic mass is 9.52. The number of hydrogen-bond acceptors (Lipinski definition) is 6. The van der Waals surface area contributed by atoms with Crippen LogP contribution in [-0.2, 0) is 30.7 Å². The van der Waals surface area contributed by atoms with Crippen LogP contribution in [0.1, 0.15) is 38.4 Å². The third-order valence-electron chi connectivity index (χ3n) is 6.05. The molecule has 2 heterocycles. The molecule has 0 radical (unpaired) electrons. The Morgan fingerprint density at radius 2 is 2.00 bits per heavy atom. The molecule has 2 aliphatic rings. The molecule has 134 valence electrons. The summed E-state index contributed by atoms with van der Waals surface area (Å²) >= 11 is 0. The summed E-state index contributed by atoms with van der Waals surface area (Å²) in [5, 5.41) is 26.7. The van der Waals surface area contributed by atoms with Gasteiger partial charge in [0.15, 0.2) is 5.78 Å². The number of nitriles is 1. The highest BCUT2D eigenvalue weighted by molar-refractivity contribution is 6.04. The number of hydrogen-bond donors (Lipinski definition) is 0. The summed E-state index contributed by atoms with van der Waals surface area (Å²) in [6, 6.07) is 2.09. The summed E-state index contributed by atoms with van der Waals surface area (Å²) in [6.45, 7) is 5.98. The predicted molar refractivity (Wildman–Crippen MR) is 92.6 cm³/mol. The number of carbonyl (C=O) groups is 1. The molecule has 0 N–H and O–H groups in total. The van der Waals surface area contributed by atoms with Crippen molar-refractivity contribution in [3.63, 3.8) is 0 Å². The van der Waals surface area contributed by atoms with E-state index in [4.69, 9.17) is 5.10 Å². The predicted octanol–water partition coefficient (Wildman–Crippen LogP) is 1.49. The molecule has 0 aromatic carbocycles. The van der Waals surface area contributed by atoms with Crippen molar-refractivity contribution in [3.8, 4) is 17.6 Å². The van der Waals surface area contributed by atoms with Crippen LogP contribution in [0.2, 0.25) is 0 Å². The van der Waals surface area contributed by atoms with Crippen LogP contribution in [0.5, 0.6) is 0 Å². The van der Waals surface area contributed by atoms with E-state index < -0.39 is 10.8 Å². The largest absolute Gasteiger partial charge is 0.293 e. The lowest BCUT2D eigenvalue weighted by Gasteiger charge is -2.49. The van der Waals surface area contributed by atoms with E-state index in [1.165, 1.54) is 4.80 Å². The van der Waals surface area contributed by atoms with Crippen molar-refractivity contribution in [2.45, 2.75) is 39.0 Å². The van der Waals surface area contributed by atoms with Crippen molar-refractivity contribution >= 4 is 5.78 Å². The molecule has 0 amide bonds. The maximum atomic E-state index is 12.7. The summed E-state index contributed by atoms with van der Waals surface area (Å²) in [6.07, 6.45) is 3.46. The van der Waals surface area contributed by atoms with E-state index in [2.05, 4.69) is 28.4 Å². The Morgan fingerprint density at radius 3 is 2.62 bits per heavy atom. The quantitative estimate of drug-likeness (QED) is 0.771. The van der Waals surface area contributed by atoms with Gasteiger partial charge in [0.1, 0.15) is 11.8 Å². The number of allylic oxidation sites excluding steroid dienone is 2. The van der Waals surface area contributed by atoms with Gasteiger partial charge in [0.25, 0.3) is 0 Å². The average Bonchev–Trinajstić information content (AvgIpc) is 3.14. The van der Waals surface area contributed by atoms with Crippen molar-refractivity contribution in [2.24, 2.45) is 25.4 Å². The number of Topliss-reactive ketones (excluding diaryl/α,β-unsaturated/α-hetero) is 1. The first-order valence-electron chi connectivity index (χ1n) is 8.68. The Kier molecular flexibility index (Phi) is 3.26. The molecule has 0 bridgehead atoms. The van der Waals surface area contributed by atoms with Gasteiger partial charge in [0.05, 0.1) is 18.3 Å². The first kappa shape index (κ1) is 16.6. The molecular weight excluding hydrogens is 330 g/mol. The highest BCUT2D eigenvalue weighted by atomic mass is 16.1. The second-order valence-corrected chi connectivity index (χ2v) is 8.00. The summed E-state index contributed by atoms with van der Waals surface area (Å²) in [5.41, 5.74) is 1.99. The summed E-state index contributed by atoms with van der Waals surface area (Å²) < 4.78 is 1.79. The van der Waals surface area contributed by atoms with Crippen molar-refractivity contribution in [2.75, 3.05) is 0 Å². The van der Waals surface area contributed by atoms with Gasteiger partial charge in [-0.25, -0.2) is 0 Å². The summed E-state index contributed by atoms with van der Waals surface area (Å²) in [5.74, 6) is 0.559. The molecular formula is C18H21N7O. The van der Waals surface area contributed by atoms with Gasteiger partial charge >= 0.3 is 0 Å². The molecule has 2 aliphatic carbocycles. The van der Waals surface area contributed by atoms with E-state index in [1.807, 2.05) is 27.0 Å². The zero-order valence-corrected chi connectivity index (χ0v) is 15.6. The van der Waals surface area contributed by atoms with E-state index in [-0.39, 0.29) is 17.3 Å². The Bertz CT molecular complexity index is 1000. The number of ketones is 1. The summed E-state index contributed by atoms with van der Waals surface area (Å²) in [7, 11) is 3.60. The SMILES string of the molecule is Cn1nnc(-c2c3c(nn2C)C2(C)C=C(C#N)C(=O)C(C)(C)C2CC3)n1. The van der Waals surface area contributed by atoms with E-state index in [0.29, 0.717) is 5.82 Å². The third kappa shape index (κ3) is 1.97. The smallest absolute Gasteiger partial charge is 0.223 e. The molecule has 0 saturated carbocycles. The Hall–Kier alpha value is -2.82. The van der Waals surface area contributed by atoms with E-state index in [9.17, 15) is 10.1 Å². The Balaban J connectivity index is 1.96. The number of nitrogens with zero attached hydrogens (tertiary/aromatic N) is 7. The molecule has 2 aromatic rings. The van der Waals surface area contributed by atoms with Crippen LogP contribution in [0.3, 0.4) is 0 Å². The van der Waals surface area contributed by atoms with E-state index in [1.54, 1.807) is 11.7 Å². The Labute approximate surface area is 151 Å². The van der Waals surface area contributed by atoms with Gasteiger partial charge in [0, 0.05) is 23.4 Å². The average molecular weight is 351 g/mol. The first-order chi connectivity index (χ1) is 12.2. The van der Waals surface area contributed by atoms with Gasteiger partial charge in [-0.2, -0.15) is 15.2 Å². The molecule has 2 unspecified atom stereocenters. The van der Waals surface area contributed by atoms with Gasteiger partial charge in [-0.05, 0) is 24.0 Å². The summed E-state index contributed by atoms with van der Waals surface area (Å²) in [4.78, 5) is 14.2. The van der Waals surface area contributed by atoms with Crippen LogP contribution >= 0.6 is 0 Å². The lowest BCUT2D eigenvalue weighted by Crippen LogP contribution is -2.51. The minimum Gasteiger partial charge on any atom is -0.293 e. The first-order valence-corrected chi connectivity index (χ1v) is 8.68. The fraction of sp³-hybridized carbons (Fsp3) is 0.556.